The minimum Gasteiger partial charge on any atom is -0.363 e. The third-order valence-electron chi connectivity index (χ3n) is 4.37. The first kappa shape index (κ1) is 23.2. The van der Waals surface area contributed by atoms with E-state index in [-0.39, 0.29) is 6.04 Å². The molecule has 1 aromatic carbocycles. The molecule has 0 radical (unpaired) electrons. The van der Waals surface area contributed by atoms with Crippen molar-refractivity contribution in [2.75, 3.05) is 39.2 Å². The predicted molar refractivity (Wildman–Crippen MR) is 121 cm³/mol. The SMILES string of the molecule is C=N/C(C(N)=[N+](C)CC)=C(\NC1C=NN(c2ccccc2)CC1)N(C)C.CC. The van der Waals surface area contributed by atoms with E-state index in [9.17, 15) is 0 Å². The Morgan fingerprint density at radius 1 is 1.36 bits per heavy atom. The Kier molecular flexibility index (Phi) is 9.78. The number of nitrogens with two attached hydrogens (primary N) is 1. The first-order valence-electron chi connectivity index (χ1n) is 9.83. The fraction of sp³-hybridized carbons (Fsp3) is 0.476. The maximum atomic E-state index is 6.27. The van der Waals surface area contributed by atoms with Crippen molar-refractivity contribution < 1.29 is 4.58 Å². The van der Waals surface area contributed by atoms with Gasteiger partial charge in [-0.25, -0.2) is 0 Å². The second-order valence-corrected chi connectivity index (χ2v) is 6.41. The zero-order chi connectivity index (χ0) is 21.1. The molecule has 7 nitrogen and oxygen atoms in total. The number of nitrogens with one attached hydrogen (secondary N) is 1. The average Bonchev–Trinajstić information content (AvgIpc) is 2.75. The predicted octanol–water partition coefficient (Wildman–Crippen LogP) is 2.32. The molecule has 7 heteroatoms. The van der Waals surface area contributed by atoms with Gasteiger partial charge >= 0.3 is 0 Å². The first-order valence-corrected chi connectivity index (χ1v) is 9.83. The Bertz CT molecular complexity index is 705. The van der Waals surface area contributed by atoms with E-state index < -0.39 is 0 Å². The number of rotatable bonds is 7. The van der Waals surface area contributed by atoms with E-state index in [0.29, 0.717) is 11.5 Å². The summed E-state index contributed by atoms with van der Waals surface area (Å²) in [5.41, 5.74) is 8.02. The Balaban J connectivity index is 0.00000190. The van der Waals surface area contributed by atoms with Crippen molar-refractivity contribution in [3.63, 3.8) is 0 Å². The van der Waals surface area contributed by atoms with E-state index in [4.69, 9.17) is 5.73 Å². The number of amidine groups is 1. The number of hydrogen-bond donors (Lipinski definition) is 2. The average molecular weight is 387 g/mol. The molecule has 0 saturated carbocycles. The monoisotopic (exact) mass is 386 g/mol. The lowest BCUT2D eigenvalue weighted by molar-refractivity contribution is -0.493. The van der Waals surface area contributed by atoms with Crippen LogP contribution in [0.4, 0.5) is 5.69 Å². The van der Waals surface area contributed by atoms with Gasteiger partial charge in [0, 0.05) is 26.9 Å². The van der Waals surface area contributed by atoms with E-state index >= 15 is 0 Å². The van der Waals surface area contributed by atoms with E-state index in [1.165, 1.54) is 0 Å². The molecule has 1 unspecified atom stereocenters. The molecule has 1 heterocycles. The van der Waals surface area contributed by atoms with Crippen LogP contribution in [-0.4, -0.2) is 68.5 Å². The van der Waals surface area contributed by atoms with Gasteiger partial charge in [-0.3, -0.25) is 20.3 Å². The lowest BCUT2D eigenvalue weighted by atomic mass is 10.2. The molecule has 1 aromatic rings. The minimum atomic E-state index is 0.101. The number of anilines is 1. The number of nitrogens with zero attached hydrogens (tertiary/aromatic N) is 5. The highest BCUT2D eigenvalue weighted by Gasteiger charge is 2.22. The molecule has 0 aliphatic carbocycles. The van der Waals surface area contributed by atoms with Crippen LogP contribution in [-0.2, 0) is 0 Å². The van der Waals surface area contributed by atoms with Crippen LogP contribution in [0.25, 0.3) is 0 Å². The molecule has 1 aliphatic rings. The van der Waals surface area contributed by atoms with Crippen molar-refractivity contribution in [2.24, 2.45) is 15.8 Å². The summed E-state index contributed by atoms with van der Waals surface area (Å²) in [5.74, 6) is 1.43. The van der Waals surface area contributed by atoms with E-state index in [1.54, 1.807) is 0 Å². The first-order chi connectivity index (χ1) is 13.5. The Morgan fingerprint density at radius 2 is 2.00 bits per heavy atom. The molecule has 2 rings (SSSR count). The maximum Gasteiger partial charge on any atom is 0.297 e. The van der Waals surface area contributed by atoms with E-state index in [2.05, 4.69) is 34.3 Å². The summed E-state index contributed by atoms with van der Waals surface area (Å²) in [7, 11) is 5.86. The summed E-state index contributed by atoms with van der Waals surface area (Å²) < 4.78 is 1.95. The number of benzene rings is 1. The van der Waals surface area contributed by atoms with Crippen LogP contribution in [0.3, 0.4) is 0 Å². The van der Waals surface area contributed by atoms with Crippen LogP contribution in [0.1, 0.15) is 27.2 Å². The summed E-state index contributed by atoms with van der Waals surface area (Å²) in [4.78, 5) is 6.14. The highest BCUT2D eigenvalue weighted by atomic mass is 15.5. The normalized spacial score (nSPS) is 17.6. The molecule has 1 atom stereocenters. The molecule has 0 spiro atoms. The fourth-order valence-electron chi connectivity index (χ4n) is 2.67. The number of hydrazone groups is 1. The van der Waals surface area contributed by atoms with Crippen LogP contribution in [0.15, 0.2) is 51.9 Å². The highest BCUT2D eigenvalue weighted by Crippen LogP contribution is 2.17. The summed E-state index contributed by atoms with van der Waals surface area (Å²) >= 11 is 0. The third kappa shape index (κ3) is 6.11. The second-order valence-electron chi connectivity index (χ2n) is 6.41. The molecule has 28 heavy (non-hydrogen) atoms. The van der Waals surface area contributed by atoms with Gasteiger partial charge in [-0.15, -0.1) is 0 Å². The molecule has 0 aromatic heterocycles. The van der Waals surface area contributed by atoms with Crippen LogP contribution < -0.4 is 16.1 Å². The molecule has 3 N–H and O–H groups in total. The molecule has 0 amide bonds. The summed E-state index contributed by atoms with van der Waals surface area (Å²) in [5, 5.41) is 10.1. The van der Waals surface area contributed by atoms with Crippen molar-refractivity contribution in [1.82, 2.24) is 10.2 Å². The molecular weight excluding hydrogens is 350 g/mol. The van der Waals surface area contributed by atoms with Crippen LogP contribution >= 0.6 is 0 Å². The van der Waals surface area contributed by atoms with Gasteiger partial charge in [0.25, 0.3) is 5.84 Å². The Labute approximate surface area is 169 Å². The summed E-state index contributed by atoms with van der Waals surface area (Å²) in [6.07, 6.45) is 2.85. The number of hydrogen-bond acceptors (Lipinski definition) is 5. The van der Waals surface area contributed by atoms with Gasteiger partial charge in [0.05, 0.1) is 25.3 Å². The van der Waals surface area contributed by atoms with Gasteiger partial charge in [-0.1, -0.05) is 32.0 Å². The molecule has 0 bridgehead atoms. The molecular formula is C21H36N7+. The Morgan fingerprint density at radius 3 is 2.46 bits per heavy atom. The third-order valence-corrected chi connectivity index (χ3v) is 4.37. The standard InChI is InChI=1S/C19H29N7.C2H6/c1-6-25(5)18(20)17(21-2)19(24(3)4)23-15-12-13-26(22-14-15)16-10-8-7-9-11-16;1-2/h7-11,14-15H,2,6,12-13H2,1,3-5H3,(H2,20,23);1-2H3/p+1. The minimum absolute atomic E-state index is 0.101. The maximum absolute atomic E-state index is 6.27. The van der Waals surface area contributed by atoms with Crippen molar-refractivity contribution in [1.29, 1.82) is 0 Å². The molecule has 0 saturated heterocycles. The number of para-hydroxylation sites is 1. The van der Waals surface area contributed by atoms with Crippen LogP contribution in [0, 0.1) is 0 Å². The zero-order valence-corrected chi connectivity index (χ0v) is 18.2. The smallest absolute Gasteiger partial charge is 0.297 e. The van der Waals surface area contributed by atoms with Gasteiger partial charge in [0.2, 0.25) is 0 Å². The van der Waals surface area contributed by atoms with Crippen molar-refractivity contribution in [3.8, 4) is 0 Å². The molecule has 1 aliphatic heterocycles. The number of aliphatic imine (C=N–C) groups is 1. The van der Waals surface area contributed by atoms with Gasteiger partial charge in [0.15, 0.2) is 5.70 Å². The largest absolute Gasteiger partial charge is 0.363 e. The quantitative estimate of drug-likeness (QED) is 0.429. The summed E-state index contributed by atoms with van der Waals surface area (Å²) in [6.45, 7) is 11.4. The second kappa shape index (κ2) is 11.8. The van der Waals surface area contributed by atoms with Crippen LogP contribution in [0.2, 0.25) is 0 Å². The van der Waals surface area contributed by atoms with Crippen molar-refractivity contribution in [2.45, 2.75) is 33.2 Å². The zero-order valence-electron chi connectivity index (χ0n) is 18.2. The molecule has 0 fully saturated rings. The van der Waals surface area contributed by atoms with Crippen molar-refractivity contribution in [3.05, 3.63) is 41.8 Å². The van der Waals surface area contributed by atoms with Crippen LogP contribution in [0.5, 0.6) is 0 Å². The van der Waals surface area contributed by atoms with E-state index in [0.717, 1.165) is 31.0 Å². The topological polar surface area (TPSA) is 72.3 Å². The van der Waals surface area contributed by atoms with Gasteiger partial charge in [0.1, 0.15) is 5.82 Å². The Hall–Kier alpha value is -2.83. The van der Waals surface area contributed by atoms with Gasteiger partial charge < -0.3 is 10.2 Å². The highest BCUT2D eigenvalue weighted by molar-refractivity contribution is 5.94. The van der Waals surface area contributed by atoms with Gasteiger partial charge in [-0.05, 0) is 32.2 Å². The lowest BCUT2D eigenvalue weighted by Crippen LogP contribution is -2.43. The lowest BCUT2D eigenvalue weighted by Gasteiger charge is -2.30. The van der Waals surface area contributed by atoms with Crippen molar-refractivity contribution >= 4 is 24.5 Å². The summed E-state index contributed by atoms with van der Waals surface area (Å²) in [6, 6.07) is 10.3. The van der Waals surface area contributed by atoms with E-state index in [1.807, 2.05) is 80.8 Å². The fourth-order valence-corrected chi connectivity index (χ4v) is 2.67. The molecule has 154 valence electrons. The van der Waals surface area contributed by atoms with Gasteiger partial charge in [-0.2, -0.15) is 5.10 Å².